The van der Waals surface area contributed by atoms with E-state index in [-0.39, 0.29) is 17.3 Å². The summed E-state index contributed by atoms with van der Waals surface area (Å²) >= 11 is 5.05. The quantitative estimate of drug-likeness (QED) is 0.358. The number of ether oxygens (including phenoxy) is 4. The number of carbonyl (C=O) groups excluding carboxylic acids is 2. The first-order valence-electron chi connectivity index (χ1n) is 9.77. The summed E-state index contributed by atoms with van der Waals surface area (Å²) < 4.78 is 21.2. The minimum atomic E-state index is -0.529. The molecule has 0 unspecified atom stereocenters. The Morgan fingerprint density at radius 1 is 0.848 bits per heavy atom. The zero-order chi connectivity index (χ0) is 23.8. The number of hydrogen-bond acceptors (Lipinski definition) is 7. The molecule has 172 valence electrons. The topological polar surface area (TPSA) is 107 Å². The van der Waals surface area contributed by atoms with Crippen LogP contribution < -0.4 is 35.1 Å². The molecule has 0 aliphatic heterocycles. The smallest absolute Gasteiger partial charge is 0.269 e. The first-order chi connectivity index (χ1) is 15.9. The number of hydrogen-bond donors (Lipinski definition) is 3. The maximum atomic E-state index is 12.5. The van der Waals surface area contributed by atoms with Crippen LogP contribution in [0.5, 0.6) is 23.0 Å². The molecule has 0 radical (unpaired) electrons. The number of amides is 2. The number of fused-ring (bicyclic) bond motifs is 1. The highest BCUT2D eigenvalue weighted by atomic mass is 32.1. The lowest BCUT2D eigenvalue weighted by molar-refractivity contribution is -0.121. The average molecular weight is 470 g/mol. The monoisotopic (exact) mass is 469 g/mol. The molecular formula is C23H23N3O6S. The van der Waals surface area contributed by atoms with Gasteiger partial charge in [-0.2, -0.15) is 0 Å². The first-order valence-corrected chi connectivity index (χ1v) is 10.2. The van der Waals surface area contributed by atoms with Gasteiger partial charge in [0.15, 0.2) is 23.2 Å². The van der Waals surface area contributed by atoms with Gasteiger partial charge in [0.25, 0.3) is 11.8 Å². The van der Waals surface area contributed by atoms with E-state index in [9.17, 15) is 9.59 Å². The van der Waals surface area contributed by atoms with Gasteiger partial charge in [0.2, 0.25) is 5.75 Å². The van der Waals surface area contributed by atoms with Gasteiger partial charge in [0.1, 0.15) is 5.75 Å². The standard InChI is InChI=1S/C23H23N3O6S/c1-29-18-11-16(12-19(30-2)21(18)31-3)22(28)25-26-23(33)24-20(27)13-32-17-9-8-14-6-4-5-7-15(14)10-17/h4-12H,13H2,1-3H3,(H,25,28)(H2,24,26,27,33). The van der Waals surface area contributed by atoms with E-state index < -0.39 is 11.8 Å². The van der Waals surface area contributed by atoms with Crippen molar-refractivity contribution >= 4 is 39.9 Å². The Morgan fingerprint density at radius 2 is 1.52 bits per heavy atom. The predicted molar refractivity (Wildman–Crippen MR) is 127 cm³/mol. The Balaban J connectivity index is 1.51. The Bertz CT molecular complexity index is 1160. The van der Waals surface area contributed by atoms with Gasteiger partial charge in [-0.15, -0.1) is 0 Å². The molecule has 33 heavy (non-hydrogen) atoms. The van der Waals surface area contributed by atoms with Crippen LogP contribution in [0.4, 0.5) is 0 Å². The van der Waals surface area contributed by atoms with E-state index in [1.807, 2.05) is 36.4 Å². The van der Waals surface area contributed by atoms with E-state index in [1.54, 1.807) is 6.07 Å². The van der Waals surface area contributed by atoms with E-state index in [1.165, 1.54) is 33.5 Å². The van der Waals surface area contributed by atoms with Crippen molar-refractivity contribution < 1.29 is 28.5 Å². The number of hydrazine groups is 1. The van der Waals surface area contributed by atoms with Gasteiger partial charge in [-0.1, -0.05) is 30.3 Å². The zero-order valence-electron chi connectivity index (χ0n) is 18.3. The van der Waals surface area contributed by atoms with E-state index in [0.717, 1.165) is 10.8 Å². The third-order valence-electron chi connectivity index (χ3n) is 4.56. The lowest BCUT2D eigenvalue weighted by atomic mass is 10.1. The second-order valence-electron chi connectivity index (χ2n) is 6.67. The van der Waals surface area contributed by atoms with Gasteiger partial charge in [-0.3, -0.25) is 25.8 Å². The van der Waals surface area contributed by atoms with Gasteiger partial charge in [-0.25, -0.2) is 0 Å². The molecule has 0 atom stereocenters. The van der Waals surface area contributed by atoms with Gasteiger partial charge >= 0.3 is 0 Å². The Hall–Kier alpha value is -4.05. The van der Waals surface area contributed by atoms with Crippen LogP contribution in [0.1, 0.15) is 10.4 Å². The van der Waals surface area contributed by atoms with Crippen LogP contribution in [0, 0.1) is 0 Å². The number of carbonyl (C=O) groups is 2. The van der Waals surface area contributed by atoms with Crippen molar-refractivity contribution in [1.82, 2.24) is 16.2 Å². The predicted octanol–water partition coefficient (Wildman–Crippen LogP) is 2.58. The van der Waals surface area contributed by atoms with Crippen molar-refractivity contribution in [2.75, 3.05) is 27.9 Å². The SMILES string of the molecule is COc1cc(C(=O)NNC(=S)NC(=O)COc2ccc3ccccc3c2)cc(OC)c1OC. The van der Waals surface area contributed by atoms with Gasteiger partial charge < -0.3 is 18.9 Å². The van der Waals surface area contributed by atoms with Crippen molar-refractivity contribution in [2.24, 2.45) is 0 Å². The lowest BCUT2D eigenvalue weighted by Gasteiger charge is -2.15. The number of thiocarbonyl (C=S) groups is 1. The van der Waals surface area contributed by atoms with Crippen LogP contribution in [0.2, 0.25) is 0 Å². The van der Waals surface area contributed by atoms with E-state index in [2.05, 4.69) is 16.2 Å². The second-order valence-corrected chi connectivity index (χ2v) is 7.08. The minimum Gasteiger partial charge on any atom is -0.493 e. The molecule has 0 aromatic heterocycles. The summed E-state index contributed by atoms with van der Waals surface area (Å²) in [5, 5.41) is 4.41. The van der Waals surface area contributed by atoms with Crippen LogP contribution in [0.25, 0.3) is 10.8 Å². The molecule has 0 fully saturated rings. The highest BCUT2D eigenvalue weighted by Crippen LogP contribution is 2.38. The van der Waals surface area contributed by atoms with Gasteiger partial charge in [-0.05, 0) is 47.3 Å². The van der Waals surface area contributed by atoms with Crippen LogP contribution in [0.15, 0.2) is 54.6 Å². The normalized spacial score (nSPS) is 10.2. The molecule has 0 aliphatic rings. The highest BCUT2D eigenvalue weighted by Gasteiger charge is 2.17. The molecule has 0 saturated carbocycles. The van der Waals surface area contributed by atoms with Crippen molar-refractivity contribution in [3.05, 3.63) is 60.2 Å². The van der Waals surface area contributed by atoms with E-state index >= 15 is 0 Å². The van der Waals surface area contributed by atoms with Crippen molar-refractivity contribution in [3.63, 3.8) is 0 Å². The fourth-order valence-corrected chi connectivity index (χ4v) is 3.16. The molecule has 3 N–H and O–H groups in total. The molecule has 0 aliphatic carbocycles. The minimum absolute atomic E-state index is 0.0945. The van der Waals surface area contributed by atoms with E-state index in [4.69, 9.17) is 31.2 Å². The molecule has 0 heterocycles. The molecule has 3 aromatic carbocycles. The molecule has 0 saturated heterocycles. The number of methoxy groups -OCH3 is 3. The van der Waals surface area contributed by atoms with Crippen LogP contribution in [-0.2, 0) is 4.79 Å². The molecule has 0 spiro atoms. The summed E-state index contributed by atoms with van der Waals surface area (Å²) in [6.45, 7) is -0.249. The highest BCUT2D eigenvalue weighted by molar-refractivity contribution is 7.80. The second kappa shape index (κ2) is 11.0. The summed E-state index contributed by atoms with van der Waals surface area (Å²) in [6, 6.07) is 16.3. The van der Waals surface area contributed by atoms with Crippen molar-refractivity contribution in [1.29, 1.82) is 0 Å². The summed E-state index contributed by atoms with van der Waals surface area (Å²) in [5.74, 6) is 0.547. The van der Waals surface area contributed by atoms with Crippen molar-refractivity contribution in [2.45, 2.75) is 0 Å². The maximum absolute atomic E-state index is 12.5. The molecule has 0 bridgehead atoms. The first kappa shape index (κ1) is 23.6. The third-order valence-corrected chi connectivity index (χ3v) is 4.76. The number of nitrogens with one attached hydrogen (secondary N) is 3. The lowest BCUT2D eigenvalue weighted by Crippen LogP contribution is -2.49. The van der Waals surface area contributed by atoms with Crippen LogP contribution in [0.3, 0.4) is 0 Å². The maximum Gasteiger partial charge on any atom is 0.269 e. The van der Waals surface area contributed by atoms with E-state index in [0.29, 0.717) is 23.0 Å². The third kappa shape index (κ3) is 6.01. The van der Waals surface area contributed by atoms with Gasteiger partial charge in [0, 0.05) is 5.56 Å². The summed E-state index contributed by atoms with van der Waals surface area (Å²) in [5.41, 5.74) is 5.10. The molecule has 2 amide bonds. The zero-order valence-corrected chi connectivity index (χ0v) is 19.1. The Morgan fingerprint density at radius 3 is 2.15 bits per heavy atom. The summed E-state index contributed by atoms with van der Waals surface area (Å²) in [7, 11) is 4.36. The van der Waals surface area contributed by atoms with Crippen LogP contribution >= 0.6 is 12.2 Å². The molecule has 3 aromatic rings. The van der Waals surface area contributed by atoms with Gasteiger partial charge in [0.05, 0.1) is 21.3 Å². The average Bonchev–Trinajstić information content (AvgIpc) is 2.84. The largest absolute Gasteiger partial charge is 0.493 e. The number of rotatable bonds is 7. The Kier molecular flexibility index (Phi) is 7.87. The Labute approximate surface area is 195 Å². The summed E-state index contributed by atoms with van der Waals surface area (Å²) in [4.78, 5) is 24.6. The molecule has 10 heteroatoms. The van der Waals surface area contributed by atoms with Crippen molar-refractivity contribution in [3.8, 4) is 23.0 Å². The fourth-order valence-electron chi connectivity index (χ4n) is 3.00. The van der Waals surface area contributed by atoms with Crippen LogP contribution in [-0.4, -0.2) is 44.9 Å². The molecule has 3 rings (SSSR count). The summed E-state index contributed by atoms with van der Waals surface area (Å²) in [6.07, 6.45) is 0. The molecular weight excluding hydrogens is 446 g/mol. The number of benzene rings is 3. The molecule has 9 nitrogen and oxygen atoms in total. The fraction of sp³-hybridized carbons (Fsp3) is 0.174.